The number of unbranched alkanes of at least 4 members (excludes halogenated alkanes) is 1. The van der Waals surface area contributed by atoms with Crippen LogP contribution < -0.4 is 5.32 Å². The lowest BCUT2D eigenvalue weighted by Gasteiger charge is -2.19. The Morgan fingerprint density at radius 2 is 1.84 bits per heavy atom. The summed E-state index contributed by atoms with van der Waals surface area (Å²) in [6.07, 6.45) is 2.37. The second-order valence-corrected chi connectivity index (χ2v) is 5.71. The van der Waals surface area contributed by atoms with Crippen molar-refractivity contribution in [1.82, 2.24) is 5.32 Å². The van der Waals surface area contributed by atoms with E-state index < -0.39 is 0 Å². The maximum atomic E-state index is 11.5. The van der Waals surface area contributed by atoms with E-state index in [-0.39, 0.29) is 11.6 Å². The van der Waals surface area contributed by atoms with Gasteiger partial charge in [0.25, 0.3) is 0 Å². The highest BCUT2D eigenvalue weighted by Crippen LogP contribution is 2.09. The van der Waals surface area contributed by atoms with E-state index in [9.17, 15) is 4.79 Å². The molecule has 19 heavy (non-hydrogen) atoms. The van der Waals surface area contributed by atoms with Crippen LogP contribution in [0.25, 0.3) is 0 Å². The van der Waals surface area contributed by atoms with Gasteiger partial charge in [0.2, 0.25) is 0 Å². The van der Waals surface area contributed by atoms with Crippen molar-refractivity contribution < 1.29 is 9.53 Å². The zero-order valence-corrected chi connectivity index (χ0v) is 12.2. The van der Waals surface area contributed by atoms with Crippen LogP contribution in [0, 0.1) is 0 Å². The first-order valence-corrected chi connectivity index (χ1v) is 6.94. The quantitative estimate of drug-likeness (QED) is 0.606. The third-order valence-electron chi connectivity index (χ3n) is 2.58. The van der Waals surface area contributed by atoms with Crippen molar-refractivity contribution in [1.29, 1.82) is 0 Å². The molecule has 0 aromatic heterocycles. The normalized spacial score (nSPS) is 11.3. The molecule has 0 heterocycles. The summed E-state index contributed by atoms with van der Waals surface area (Å²) in [6, 6.07) is 10.3. The number of benzene rings is 1. The third-order valence-corrected chi connectivity index (χ3v) is 2.58. The van der Waals surface area contributed by atoms with Crippen LogP contribution in [0.3, 0.4) is 0 Å². The van der Waals surface area contributed by atoms with Crippen LogP contribution in [0.2, 0.25) is 0 Å². The lowest BCUT2D eigenvalue weighted by molar-refractivity contribution is -0.154. The molecule has 1 aromatic carbocycles. The number of hydrogen-bond donors (Lipinski definition) is 1. The molecule has 106 valence electrons. The first kappa shape index (κ1) is 15.7. The first-order chi connectivity index (χ1) is 8.97. The number of rotatable bonds is 7. The van der Waals surface area contributed by atoms with E-state index in [1.807, 2.05) is 39.0 Å². The zero-order valence-electron chi connectivity index (χ0n) is 12.2. The Morgan fingerprint density at radius 3 is 2.47 bits per heavy atom. The summed E-state index contributed by atoms with van der Waals surface area (Å²) < 4.78 is 5.25. The number of esters is 1. The van der Waals surface area contributed by atoms with E-state index in [0.717, 1.165) is 25.9 Å². The fraction of sp³-hybridized carbons (Fsp3) is 0.562. The van der Waals surface area contributed by atoms with Gasteiger partial charge in [-0.3, -0.25) is 4.79 Å². The molecular formula is C16H25NO2. The van der Waals surface area contributed by atoms with Gasteiger partial charge in [0, 0.05) is 13.0 Å². The van der Waals surface area contributed by atoms with Gasteiger partial charge in [-0.05, 0) is 45.7 Å². The molecule has 3 heteroatoms. The molecule has 0 aliphatic carbocycles. The molecule has 0 fully saturated rings. The molecule has 0 amide bonds. The standard InChI is InChI=1S/C16H25NO2/c1-16(2,3)19-15(18)11-7-8-12-17-13-14-9-5-4-6-10-14/h4-6,9-10,17H,7-8,11-13H2,1-3H3. The van der Waals surface area contributed by atoms with Gasteiger partial charge in [-0.2, -0.15) is 0 Å². The topological polar surface area (TPSA) is 38.3 Å². The average Bonchev–Trinajstić information content (AvgIpc) is 2.32. The molecule has 1 N–H and O–H groups in total. The predicted molar refractivity (Wildman–Crippen MR) is 77.8 cm³/mol. The maximum Gasteiger partial charge on any atom is 0.306 e. The molecule has 0 saturated heterocycles. The Labute approximate surface area is 116 Å². The number of carbonyl (C=O) groups excluding carboxylic acids is 1. The summed E-state index contributed by atoms with van der Waals surface area (Å²) in [5, 5.41) is 3.37. The zero-order chi connectivity index (χ0) is 14.1. The molecular weight excluding hydrogens is 238 g/mol. The van der Waals surface area contributed by atoms with Crippen LogP contribution in [0.4, 0.5) is 0 Å². The number of carbonyl (C=O) groups is 1. The summed E-state index contributed by atoms with van der Waals surface area (Å²) in [5.41, 5.74) is 0.914. The van der Waals surface area contributed by atoms with E-state index in [1.165, 1.54) is 5.56 Å². The minimum Gasteiger partial charge on any atom is -0.460 e. The van der Waals surface area contributed by atoms with Gasteiger partial charge in [-0.1, -0.05) is 30.3 Å². The Bertz CT molecular complexity index is 368. The highest BCUT2D eigenvalue weighted by atomic mass is 16.6. The fourth-order valence-corrected chi connectivity index (χ4v) is 1.74. The molecule has 0 radical (unpaired) electrons. The highest BCUT2D eigenvalue weighted by molar-refractivity contribution is 5.69. The van der Waals surface area contributed by atoms with E-state index in [1.54, 1.807) is 0 Å². The van der Waals surface area contributed by atoms with Crippen LogP contribution in [-0.2, 0) is 16.1 Å². The van der Waals surface area contributed by atoms with Crippen LogP contribution in [-0.4, -0.2) is 18.1 Å². The van der Waals surface area contributed by atoms with E-state index >= 15 is 0 Å². The Hall–Kier alpha value is -1.35. The van der Waals surface area contributed by atoms with Crippen molar-refractivity contribution in [3.63, 3.8) is 0 Å². The first-order valence-electron chi connectivity index (χ1n) is 6.94. The summed E-state index contributed by atoms with van der Waals surface area (Å²) in [4.78, 5) is 11.5. The second-order valence-electron chi connectivity index (χ2n) is 5.71. The molecule has 0 aliphatic rings. The number of hydrogen-bond acceptors (Lipinski definition) is 3. The molecule has 1 aromatic rings. The van der Waals surface area contributed by atoms with Crippen molar-refractivity contribution in [2.45, 2.75) is 52.2 Å². The highest BCUT2D eigenvalue weighted by Gasteiger charge is 2.15. The maximum absolute atomic E-state index is 11.5. The lowest BCUT2D eigenvalue weighted by atomic mass is 10.2. The second kappa shape index (κ2) is 7.95. The Morgan fingerprint density at radius 1 is 1.16 bits per heavy atom. The van der Waals surface area contributed by atoms with Crippen LogP contribution in [0.15, 0.2) is 30.3 Å². The van der Waals surface area contributed by atoms with Gasteiger partial charge in [-0.15, -0.1) is 0 Å². The van der Waals surface area contributed by atoms with Gasteiger partial charge in [0.1, 0.15) is 5.60 Å². The van der Waals surface area contributed by atoms with E-state index in [4.69, 9.17) is 4.74 Å². The molecule has 1 rings (SSSR count). The third kappa shape index (κ3) is 8.38. The summed E-state index contributed by atoms with van der Waals surface area (Å²) in [6.45, 7) is 7.50. The lowest BCUT2D eigenvalue weighted by Crippen LogP contribution is -2.23. The minimum atomic E-state index is -0.372. The van der Waals surface area contributed by atoms with Crippen LogP contribution in [0.1, 0.15) is 45.6 Å². The van der Waals surface area contributed by atoms with Gasteiger partial charge >= 0.3 is 5.97 Å². The van der Waals surface area contributed by atoms with E-state index in [2.05, 4.69) is 17.4 Å². The Kier molecular flexibility index (Phi) is 6.57. The monoisotopic (exact) mass is 263 g/mol. The predicted octanol–water partition coefficient (Wildman–Crippen LogP) is 3.29. The summed E-state index contributed by atoms with van der Waals surface area (Å²) in [5.74, 6) is -0.101. The van der Waals surface area contributed by atoms with Crippen molar-refractivity contribution in [3.05, 3.63) is 35.9 Å². The molecule has 0 bridgehead atoms. The molecule has 0 saturated carbocycles. The largest absolute Gasteiger partial charge is 0.460 e. The van der Waals surface area contributed by atoms with Gasteiger partial charge in [0.05, 0.1) is 0 Å². The van der Waals surface area contributed by atoms with Crippen molar-refractivity contribution in [2.75, 3.05) is 6.54 Å². The van der Waals surface area contributed by atoms with E-state index in [0.29, 0.717) is 6.42 Å². The van der Waals surface area contributed by atoms with Gasteiger partial charge in [0.15, 0.2) is 0 Å². The SMILES string of the molecule is CC(C)(C)OC(=O)CCCCNCc1ccccc1. The minimum absolute atomic E-state index is 0.101. The van der Waals surface area contributed by atoms with Crippen molar-refractivity contribution in [3.8, 4) is 0 Å². The fourth-order valence-electron chi connectivity index (χ4n) is 1.74. The summed E-state index contributed by atoms with van der Waals surface area (Å²) in [7, 11) is 0. The number of ether oxygens (including phenoxy) is 1. The van der Waals surface area contributed by atoms with Gasteiger partial charge < -0.3 is 10.1 Å². The Balaban J connectivity index is 2.01. The molecule has 0 atom stereocenters. The average molecular weight is 263 g/mol. The van der Waals surface area contributed by atoms with Crippen molar-refractivity contribution in [2.24, 2.45) is 0 Å². The number of nitrogens with one attached hydrogen (secondary N) is 1. The van der Waals surface area contributed by atoms with Crippen LogP contribution >= 0.6 is 0 Å². The smallest absolute Gasteiger partial charge is 0.306 e. The van der Waals surface area contributed by atoms with Crippen LogP contribution in [0.5, 0.6) is 0 Å². The molecule has 0 spiro atoms. The summed E-state index contributed by atoms with van der Waals surface area (Å²) >= 11 is 0. The molecule has 0 aliphatic heterocycles. The molecule has 3 nitrogen and oxygen atoms in total. The molecule has 0 unspecified atom stereocenters. The van der Waals surface area contributed by atoms with Gasteiger partial charge in [-0.25, -0.2) is 0 Å². The van der Waals surface area contributed by atoms with Crippen molar-refractivity contribution >= 4 is 5.97 Å².